The predicted octanol–water partition coefficient (Wildman–Crippen LogP) is 1.99. The van der Waals surface area contributed by atoms with Crippen molar-refractivity contribution < 1.29 is 23.1 Å². The highest BCUT2D eigenvalue weighted by atomic mass is 35.5. The Kier molecular flexibility index (Phi) is 5.61. The number of aromatic carboxylic acids is 1. The second-order valence-corrected chi connectivity index (χ2v) is 7.32. The van der Waals surface area contributed by atoms with Gasteiger partial charge in [-0.1, -0.05) is 23.2 Å². The zero-order chi connectivity index (χ0) is 16.4. The van der Waals surface area contributed by atoms with Crippen molar-refractivity contribution in [1.29, 1.82) is 0 Å². The molecular formula is C12H13Cl2NO5S. The molecule has 0 unspecified atom stereocenters. The topological polar surface area (TPSA) is 101 Å². The molecule has 116 valence electrons. The highest BCUT2D eigenvalue weighted by molar-refractivity contribution is 7.92. The summed E-state index contributed by atoms with van der Waals surface area (Å²) in [5.74, 6) is -2.96. The van der Waals surface area contributed by atoms with Gasteiger partial charge in [-0.05, 0) is 26.0 Å². The van der Waals surface area contributed by atoms with E-state index in [1.165, 1.54) is 0 Å². The number of rotatable bonds is 5. The first-order valence-electron chi connectivity index (χ1n) is 5.79. The van der Waals surface area contributed by atoms with Crippen LogP contribution < -0.4 is 5.32 Å². The summed E-state index contributed by atoms with van der Waals surface area (Å²) in [4.78, 5) is 22.1. The maximum atomic E-state index is 12.2. The van der Waals surface area contributed by atoms with Crippen molar-refractivity contribution >= 4 is 44.9 Å². The van der Waals surface area contributed by atoms with Gasteiger partial charge in [-0.2, -0.15) is 0 Å². The molecule has 0 radical (unpaired) electrons. The summed E-state index contributed by atoms with van der Waals surface area (Å²) in [7, 11) is -4.11. The Labute approximate surface area is 132 Å². The molecule has 6 nitrogen and oxygen atoms in total. The lowest BCUT2D eigenvalue weighted by molar-refractivity contribution is -0.119. The number of carboxylic acid groups (broad SMARTS) is 1. The van der Waals surface area contributed by atoms with Gasteiger partial charge in [0.15, 0.2) is 9.84 Å². The minimum absolute atomic E-state index is 0.0976. The minimum Gasteiger partial charge on any atom is -0.478 e. The Morgan fingerprint density at radius 2 is 1.86 bits per heavy atom. The van der Waals surface area contributed by atoms with Crippen molar-refractivity contribution in [3.63, 3.8) is 0 Å². The molecule has 0 fully saturated rings. The minimum atomic E-state index is -4.11. The van der Waals surface area contributed by atoms with Gasteiger partial charge in [0.2, 0.25) is 5.91 Å². The van der Waals surface area contributed by atoms with E-state index in [2.05, 4.69) is 5.32 Å². The molecule has 1 amide bonds. The summed E-state index contributed by atoms with van der Waals surface area (Å²) in [5.41, 5.74) is -0.438. The van der Waals surface area contributed by atoms with E-state index in [1.54, 1.807) is 13.8 Å². The molecule has 0 aromatic heterocycles. The van der Waals surface area contributed by atoms with E-state index in [9.17, 15) is 18.0 Å². The molecule has 0 saturated carbocycles. The van der Waals surface area contributed by atoms with Crippen molar-refractivity contribution in [3.8, 4) is 0 Å². The third-order valence-corrected chi connectivity index (χ3v) is 4.71. The van der Waals surface area contributed by atoms with Gasteiger partial charge in [-0.3, -0.25) is 4.79 Å². The summed E-state index contributed by atoms with van der Waals surface area (Å²) >= 11 is 11.5. The van der Waals surface area contributed by atoms with E-state index < -0.39 is 42.9 Å². The summed E-state index contributed by atoms with van der Waals surface area (Å²) < 4.78 is 24.4. The maximum absolute atomic E-state index is 12.2. The summed E-state index contributed by atoms with van der Waals surface area (Å²) in [6, 6.07) is 1.84. The van der Waals surface area contributed by atoms with Crippen molar-refractivity contribution in [1.82, 2.24) is 5.32 Å². The average Bonchev–Trinajstić information content (AvgIpc) is 2.29. The number of nitrogens with one attached hydrogen (secondary N) is 1. The molecule has 1 aromatic carbocycles. The SMILES string of the molecule is CC(C)NC(=O)CS(=O)(=O)c1cc(Cl)cc(C(=O)O)c1Cl. The van der Waals surface area contributed by atoms with E-state index >= 15 is 0 Å². The lowest BCUT2D eigenvalue weighted by Crippen LogP contribution is -2.35. The Hall–Kier alpha value is -1.31. The predicted molar refractivity (Wildman–Crippen MR) is 78.8 cm³/mol. The monoisotopic (exact) mass is 353 g/mol. The maximum Gasteiger partial charge on any atom is 0.337 e. The number of halogens is 2. The first-order chi connectivity index (χ1) is 9.54. The second kappa shape index (κ2) is 6.64. The van der Waals surface area contributed by atoms with Gasteiger partial charge in [0.05, 0.1) is 15.5 Å². The molecule has 0 aliphatic rings. The van der Waals surface area contributed by atoms with Crippen molar-refractivity contribution in [2.24, 2.45) is 0 Å². The zero-order valence-electron chi connectivity index (χ0n) is 11.2. The fourth-order valence-electron chi connectivity index (χ4n) is 1.56. The van der Waals surface area contributed by atoms with Crippen LogP contribution in [0.4, 0.5) is 0 Å². The summed E-state index contributed by atoms with van der Waals surface area (Å²) in [5, 5.41) is 10.8. The molecule has 0 atom stereocenters. The molecule has 1 rings (SSSR count). The number of sulfone groups is 1. The fraction of sp³-hybridized carbons (Fsp3) is 0.333. The Morgan fingerprint density at radius 3 is 2.33 bits per heavy atom. The first kappa shape index (κ1) is 17.7. The number of hydrogen-bond acceptors (Lipinski definition) is 4. The number of amides is 1. The lowest BCUT2D eigenvalue weighted by Gasteiger charge is -2.11. The molecular weight excluding hydrogens is 341 g/mol. The van der Waals surface area contributed by atoms with E-state index in [0.717, 1.165) is 12.1 Å². The third-order valence-electron chi connectivity index (χ3n) is 2.34. The number of carbonyl (C=O) groups excluding carboxylic acids is 1. The highest BCUT2D eigenvalue weighted by Crippen LogP contribution is 2.30. The number of hydrogen-bond donors (Lipinski definition) is 2. The Balaban J connectivity index is 3.26. The number of carboxylic acids is 1. The standard InChI is InChI=1S/C12H13Cl2NO5S/c1-6(2)15-10(16)5-21(19,20)9-4-7(13)3-8(11(9)14)12(17)18/h3-4,6H,5H2,1-2H3,(H,15,16)(H,17,18). The van der Waals surface area contributed by atoms with Gasteiger partial charge in [-0.15, -0.1) is 0 Å². The van der Waals surface area contributed by atoms with E-state index in [0.29, 0.717) is 0 Å². The van der Waals surface area contributed by atoms with Gasteiger partial charge < -0.3 is 10.4 Å². The molecule has 0 bridgehead atoms. The average molecular weight is 354 g/mol. The Morgan fingerprint density at radius 1 is 1.29 bits per heavy atom. The number of benzene rings is 1. The van der Waals surface area contributed by atoms with Crippen LogP contribution in [0.25, 0.3) is 0 Å². The molecule has 0 saturated heterocycles. The number of carbonyl (C=O) groups is 2. The molecule has 1 aromatic rings. The van der Waals surface area contributed by atoms with Crippen molar-refractivity contribution in [2.45, 2.75) is 24.8 Å². The molecule has 0 aliphatic carbocycles. The molecule has 21 heavy (non-hydrogen) atoms. The van der Waals surface area contributed by atoms with Gasteiger partial charge in [0.1, 0.15) is 5.75 Å². The van der Waals surface area contributed by atoms with Gasteiger partial charge in [0.25, 0.3) is 0 Å². The molecule has 0 heterocycles. The van der Waals surface area contributed by atoms with Crippen LogP contribution in [-0.2, 0) is 14.6 Å². The molecule has 0 spiro atoms. The Bertz CT molecular complexity index is 685. The zero-order valence-corrected chi connectivity index (χ0v) is 13.5. The first-order valence-corrected chi connectivity index (χ1v) is 8.20. The van der Waals surface area contributed by atoms with Crippen LogP contribution in [0.3, 0.4) is 0 Å². The van der Waals surface area contributed by atoms with Gasteiger partial charge >= 0.3 is 5.97 Å². The van der Waals surface area contributed by atoms with Crippen LogP contribution in [-0.4, -0.2) is 37.2 Å². The summed E-state index contributed by atoms with van der Waals surface area (Å²) in [6.07, 6.45) is 0. The highest BCUT2D eigenvalue weighted by Gasteiger charge is 2.26. The van der Waals surface area contributed by atoms with Crippen LogP contribution in [0.5, 0.6) is 0 Å². The fourth-order valence-corrected chi connectivity index (χ4v) is 3.66. The smallest absolute Gasteiger partial charge is 0.337 e. The van der Waals surface area contributed by atoms with E-state index in [1.807, 2.05) is 0 Å². The molecule has 0 aliphatic heterocycles. The van der Waals surface area contributed by atoms with Crippen molar-refractivity contribution in [3.05, 3.63) is 27.7 Å². The normalized spacial score (nSPS) is 11.5. The molecule has 2 N–H and O–H groups in total. The van der Waals surface area contributed by atoms with Crippen LogP contribution in [0.15, 0.2) is 17.0 Å². The lowest BCUT2D eigenvalue weighted by atomic mass is 10.2. The van der Waals surface area contributed by atoms with Crippen LogP contribution in [0.2, 0.25) is 10.0 Å². The van der Waals surface area contributed by atoms with E-state index in [4.69, 9.17) is 28.3 Å². The quantitative estimate of drug-likeness (QED) is 0.842. The van der Waals surface area contributed by atoms with Crippen LogP contribution >= 0.6 is 23.2 Å². The second-order valence-electron chi connectivity index (χ2n) is 4.55. The van der Waals surface area contributed by atoms with Crippen LogP contribution in [0, 0.1) is 0 Å². The van der Waals surface area contributed by atoms with Gasteiger partial charge in [-0.25, -0.2) is 13.2 Å². The largest absolute Gasteiger partial charge is 0.478 e. The summed E-state index contributed by atoms with van der Waals surface area (Å²) in [6.45, 7) is 3.36. The van der Waals surface area contributed by atoms with E-state index in [-0.39, 0.29) is 11.1 Å². The van der Waals surface area contributed by atoms with Gasteiger partial charge in [0, 0.05) is 11.1 Å². The van der Waals surface area contributed by atoms with Crippen molar-refractivity contribution in [2.75, 3.05) is 5.75 Å². The van der Waals surface area contributed by atoms with Crippen LogP contribution in [0.1, 0.15) is 24.2 Å². The molecule has 9 heteroatoms. The third kappa shape index (κ3) is 4.59.